The zero-order valence-electron chi connectivity index (χ0n) is 20.2. The van der Waals surface area contributed by atoms with Crippen LogP contribution in [-0.4, -0.2) is 30.2 Å². The van der Waals surface area contributed by atoms with Gasteiger partial charge in [0.2, 0.25) is 0 Å². The Morgan fingerprint density at radius 3 is 2.26 bits per heavy atom. The van der Waals surface area contributed by atoms with Gasteiger partial charge in [0.15, 0.2) is 0 Å². The lowest BCUT2D eigenvalue weighted by molar-refractivity contribution is 0.0696. The second-order valence-corrected chi connectivity index (χ2v) is 8.59. The van der Waals surface area contributed by atoms with E-state index < -0.39 is 5.97 Å². The van der Waals surface area contributed by atoms with Gasteiger partial charge in [-0.3, -0.25) is 4.79 Å². The number of hydrogen-bond donors (Lipinski definition) is 2. The van der Waals surface area contributed by atoms with Gasteiger partial charge in [-0.1, -0.05) is 43.6 Å². The van der Waals surface area contributed by atoms with E-state index in [2.05, 4.69) is 5.32 Å². The molecule has 184 valence electrons. The molecule has 0 aliphatic rings. The van der Waals surface area contributed by atoms with Gasteiger partial charge in [0.1, 0.15) is 11.5 Å². The molecule has 3 aromatic rings. The molecule has 0 aliphatic heterocycles. The van der Waals surface area contributed by atoms with Crippen molar-refractivity contribution in [3.63, 3.8) is 0 Å². The van der Waals surface area contributed by atoms with Gasteiger partial charge in [-0.05, 0) is 72.9 Å². The van der Waals surface area contributed by atoms with Crippen LogP contribution in [0.2, 0.25) is 5.02 Å². The van der Waals surface area contributed by atoms with Crippen molar-refractivity contribution < 1.29 is 24.2 Å². The molecule has 0 saturated heterocycles. The number of aryl methyl sites for hydroxylation is 1. The first-order chi connectivity index (χ1) is 16.8. The average Bonchev–Trinajstić information content (AvgIpc) is 2.85. The molecule has 0 saturated carbocycles. The van der Waals surface area contributed by atoms with Crippen molar-refractivity contribution in [2.75, 3.05) is 13.2 Å². The van der Waals surface area contributed by atoms with Crippen LogP contribution in [0.5, 0.6) is 11.5 Å². The summed E-state index contributed by atoms with van der Waals surface area (Å²) in [5.41, 5.74) is 3.68. The lowest BCUT2D eigenvalue weighted by Crippen LogP contribution is -2.23. The van der Waals surface area contributed by atoms with Crippen LogP contribution in [0.1, 0.15) is 58.5 Å². The maximum Gasteiger partial charge on any atom is 0.335 e. The Labute approximate surface area is 210 Å². The van der Waals surface area contributed by atoms with Gasteiger partial charge in [-0.25, -0.2) is 4.79 Å². The lowest BCUT2D eigenvalue weighted by atomic mass is 9.98. The topological polar surface area (TPSA) is 84.9 Å². The van der Waals surface area contributed by atoms with Crippen LogP contribution in [0.4, 0.5) is 0 Å². The predicted molar refractivity (Wildman–Crippen MR) is 138 cm³/mol. The fourth-order valence-corrected chi connectivity index (χ4v) is 3.80. The highest BCUT2D eigenvalue weighted by Gasteiger charge is 2.15. The molecule has 0 aromatic heterocycles. The number of rotatable bonds is 11. The average molecular weight is 496 g/mol. The molecule has 0 spiro atoms. The fraction of sp³-hybridized carbons (Fsp3) is 0.286. The van der Waals surface area contributed by atoms with Crippen molar-refractivity contribution in [3.05, 3.63) is 81.9 Å². The lowest BCUT2D eigenvalue weighted by Gasteiger charge is -2.15. The van der Waals surface area contributed by atoms with E-state index in [1.54, 1.807) is 37.3 Å². The van der Waals surface area contributed by atoms with Gasteiger partial charge in [0.05, 0.1) is 29.4 Å². The number of amides is 1. The highest BCUT2D eigenvalue weighted by atomic mass is 35.5. The van der Waals surface area contributed by atoms with Crippen molar-refractivity contribution in [3.8, 4) is 22.6 Å². The molecular formula is C28H30ClNO5. The van der Waals surface area contributed by atoms with Gasteiger partial charge in [-0.2, -0.15) is 0 Å². The molecule has 0 bridgehead atoms. The normalized spacial score (nSPS) is 10.6. The maximum atomic E-state index is 12.9. The number of carboxylic acids is 1. The van der Waals surface area contributed by atoms with E-state index >= 15 is 0 Å². The Kier molecular flexibility index (Phi) is 9.15. The van der Waals surface area contributed by atoms with Crippen LogP contribution >= 0.6 is 11.6 Å². The van der Waals surface area contributed by atoms with E-state index in [9.17, 15) is 14.7 Å². The Bertz CT molecular complexity index is 1210. The number of carboxylic acid groups (broad SMARTS) is 1. The fourth-order valence-electron chi connectivity index (χ4n) is 3.54. The van der Waals surface area contributed by atoms with E-state index in [0.29, 0.717) is 40.9 Å². The molecule has 0 fully saturated rings. The molecule has 3 aromatic carbocycles. The van der Waals surface area contributed by atoms with Crippen molar-refractivity contribution in [2.45, 2.75) is 40.2 Å². The van der Waals surface area contributed by atoms with Crippen LogP contribution in [-0.2, 0) is 6.54 Å². The summed E-state index contributed by atoms with van der Waals surface area (Å²) in [7, 11) is 0. The second kappa shape index (κ2) is 12.3. The van der Waals surface area contributed by atoms with Crippen molar-refractivity contribution in [1.29, 1.82) is 0 Å². The third-order valence-electron chi connectivity index (χ3n) is 5.42. The summed E-state index contributed by atoms with van der Waals surface area (Å²) in [5.74, 6) is 0.00109. The molecule has 0 heterocycles. The number of nitrogens with one attached hydrogen (secondary N) is 1. The van der Waals surface area contributed by atoms with Crippen LogP contribution in [0, 0.1) is 6.92 Å². The number of ether oxygens (including phenoxy) is 2. The minimum Gasteiger partial charge on any atom is -0.494 e. The first-order valence-electron chi connectivity index (χ1n) is 11.6. The van der Waals surface area contributed by atoms with Gasteiger partial charge >= 0.3 is 5.97 Å². The van der Waals surface area contributed by atoms with Crippen LogP contribution < -0.4 is 14.8 Å². The number of hydrogen-bond acceptors (Lipinski definition) is 4. The van der Waals surface area contributed by atoms with Crippen LogP contribution in [0.25, 0.3) is 11.1 Å². The Morgan fingerprint density at radius 1 is 0.886 bits per heavy atom. The molecule has 0 atom stereocenters. The number of aromatic carboxylic acids is 1. The van der Waals surface area contributed by atoms with E-state index in [-0.39, 0.29) is 18.0 Å². The standard InChI is InChI=1S/C28H30ClNO5/c1-4-12-34-22-9-10-23(25(29)16-22)27(31)30-17-21-14-19(8-11-26(21)35-13-5-2)20-7-6-18(3)24(15-20)28(32)33/h6-11,14-16H,4-5,12-13,17H2,1-3H3,(H,30,31)(H,32,33). The Balaban J connectivity index is 1.84. The van der Waals surface area contributed by atoms with Crippen molar-refractivity contribution >= 4 is 23.5 Å². The number of halogens is 1. The highest BCUT2D eigenvalue weighted by molar-refractivity contribution is 6.34. The summed E-state index contributed by atoms with van der Waals surface area (Å²) < 4.78 is 11.5. The van der Waals surface area contributed by atoms with Crippen molar-refractivity contribution in [2.24, 2.45) is 0 Å². The first-order valence-corrected chi connectivity index (χ1v) is 12.0. The van der Waals surface area contributed by atoms with Gasteiger partial charge in [0, 0.05) is 12.1 Å². The zero-order valence-corrected chi connectivity index (χ0v) is 20.9. The first kappa shape index (κ1) is 26.1. The van der Waals surface area contributed by atoms with Crippen LogP contribution in [0.15, 0.2) is 54.6 Å². The number of benzene rings is 3. The Hall–Kier alpha value is -3.51. The molecule has 2 N–H and O–H groups in total. The van der Waals surface area contributed by atoms with Crippen molar-refractivity contribution in [1.82, 2.24) is 5.32 Å². The highest BCUT2D eigenvalue weighted by Crippen LogP contribution is 2.29. The van der Waals surface area contributed by atoms with E-state index in [1.165, 1.54) is 0 Å². The molecule has 35 heavy (non-hydrogen) atoms. The van der Waals surface area contributed by atoms with Gasteiger partial charge in [-0.15, -0.1) is 0 Å². The molecule has 3 rings (SSSR count). The summed E-state index contributed by atoms with van der Waals surface area (Å²) in [5, 5.41) is 12.7. The number of carbonyl (C=O) groups is 2. The zero-order chi connectivity index (χ0) is 25.4. The maximum absolute atomic E-state index is 12.9. The quantitative estimate of drug-likeness (QED) is 0.316. The molecule has 7 heteroatoms. The minimum atomic E-state index is -0.970. The largest absolute Gasteiger partial charge is 0.494 e. The summed E-state index contributed by atoms with van der Waals surface area (Å²) in [6.07, 6.45) is 1.72. The minimum absolute atomic E-state index is 0.216. The Morgan fingerprint density at radius 2 is 1.57 bits per heavy atom. The smallest absolute Gasteiger partial charge is 0.335 e. The van der Waals surface area contributed by atoms with E-state index in [0.717, 1.165) is 29.5 Å². The van der Waals surface area contributed by atoms with E-state index in [4.69, 9.17) is 21.1 Å². The molecular weight excluding hydrogens is 466 g/mol. The summed E-state index contributed by atoms with van der Waals surface area (Å²) in [6.45, 7) is 7.14. The molecule has 0 unspecified atom stereocenters. The number of carbonyl (C=O) groups excluding carboxylic acids is 1. The monoisotopic (exact) mass is 495 g/mol. The molecule has 1 amide bonds. The molecule has 6 nitrogen and oxygen atoms in total. The third kappa shape index (κ3) is 6.76. The molecule has 0 radical (unpaired) electrons. The predicted octanol–water partition coefficient (Wildman–Crippen LogP) is 6.52. The summed E-state index contributed by atoms with van der Waals surface area (Å²) >= 11 is 6.33. The summed E-state index contributed by atoms with van der Waals surface area (Å²) in [4.78, 5) is 24.4. The van der Waals surface area contributed by atoms with Gasteiger partial charge in [0.25, 0.3) is 5.91 Å². The van der Waals surface area contributed by atoms with E-state index in [1.807, 2.05) is 38.1 Å². The van der Waals surface area contributed by atoms with Gasteiger partial charge < -0.3 is 19.9 Å². The second-order valence-electron chi connectivity index (χ2n) is 8.18. The SMILES string of the molecule is CCCOc1ccc(C(=O)NCc2cc(-c3ccc(C)c(C(=O)O)c3)ccc2OCCC)c(Cl)c1. The van der Waals surface area contributed by atoms with Crippen LogP contribution in [0.3, 0.4) is 0 Å². The molecule has 0 aliphatic carbocycles. The summed E-state index contributed by atoms with van der Waals surface area (Å²) in [6, 6.07) is 16.0. The third-order valence-corrected chi connectivity index (χ3v) is 5.73.